The first-order chi connectivity index (χ1) is 2.77. The average molecular weight is 121 g/mol. The highest BCUT2D eigenvalue weighted by atomic mass is 16.4. The third-order valence-electron chi connectivity index (χ3n) is 0.303. The van der Waals surface area contributed by atoms with E-state index in [0.29, 0.717) is 0 Å². The lowest BCUT2D eigenvalue weighted by molar-refractivity contribution is -0.297. The van der Waals surface area contributed by atoms with Gasteiger partial charge in [0.15, 0.2) is 0 Å². The fraction of sp³-hybridized carbons (Fsp3) is 0.250. The minimum Gasteiger partial charge on any atom is -0.545 e. The van der Waals surface area contributed by atoms with E-state index in [9.17, 15) is 9.90 Å². The van der Waals surface area contributed by atoms with Crippen LogP contribution in [-0.2, 0) is 4.79 Å². The van der Waals surface area contributed by atoms with E-state index in [-0.39, 0.29) is 11.6 Å². The smallest absolute Gasteiger partial charge is 0.0639 e. The largest absolute Gasteiger partial charge is 0.545 e. The molecule has 0 aromatic carbocycles. The Labute approximate surface area is 47.7 Å². The average Bonchev–Trinajstić information content (AvgIpc) is 1.35. The maximum atomic E-state index is 9.40. The highest BCUT2D eigenvalue weighted by Crippen LogP contribution is 1.61. The molecular formula is C4H11NO3. The third kappa shape index (κ3) is 19.3. The molecule has 4 heteroatoms. The molecule has 0 rings (SSSR count). The van der Waals surface area contributed by atoms with Gasteiger partial charge in [0, 0.05) is 0 Å². The Hall–Kier alpha value is -0.870. The SMILES string of the molecule is CC=CC(=O)[O-].O.[NH4+]. The lowest BCUT2D eigenvalue weighted by Crippen LogP contribution is -2.18. The van der Waals surface area contributed by atoms with Gasteiger partial charge in [-0.05, 0) is 13.0 Å². The minimum absolute atomic E-state index is 0. The lowest BCUT2D eigenvalue weighted by Gasteiger charge is -1.83. The summed E-state index contributed by atoms with van der Waals surface area (Å²) in [5.74, 6) is -1.14. The third-order valence-corrected chi connectivity index (χ3v) is 0.303. The number of hydrogen-bond donors (Lipinski definition) is 1. The maximum Gasteiger partial charge on any atom is 0.0639 e. The highest BCUT2D eigenvalue weighted by Gasteiger charge is 1.61. The minimum atomic E-state index is -1.14. The molecule has 0 heterocycles. The molecule has 0 atom stereocenters. The summed E-state index contributed by atoms with van der Waals surface area (Å²) >= 11 is 0. The molecule has 0 amide bonds. The molecular weight excluding hydrogens is 110 g/mol. The van der Waals surface area contributed by atoms with Crippen molar-refractivity contribution in [1.82, 2.24) is 6.15 Å². The van der Waals surface area contributed by atoms with E-state index in [1.807, 2.05) is 0 Å². The van der Waals surface area contributed by atoms with Gasteiger partial charge in [-0.3, -0.25) is 0 Å². The van der Waals surface area contributed by atoms with Crippen molar-refractivity contribution in [3.05, 3.63) is 12.2 Å². The van der Waals surface area contributed by atoms with Crippen molar-refractivity contribution < 1.29 is 15.4 Å². The molecule has 0 fully saturated rings. The molecule has 6 N–H and O–H groups in total. The number of carboxylic acids is 1. The molecule has 0 unspecified atom stereocenters. The number of quaternary nitrogens is 1. The number of allylic oxidation sites excluding steroid dienone is 1. The van der Waals surface area contributed by atoms with Crippen LogP contribution in [0, 0.1) is 0 Å². The predicted octanol–water partition coefficient (Wildman–Crippen LogP) is -1.14. The van der Waals surface area contributed by atoms with Gasteiger partial charge in [0.2, 0.25) is 0 Å². The quantitative estimate of drug-likeness (QED) is 0.442. The van der Waals surface area contributed by atoms with E-state index in [1.54, 1.807) is 6.92 Å². The molecule has 0 radical (unpaired) electrons. The second-order valence-corrected chi connectivity index (χ2v) is 0.819. The molecule has 0 aromatic rings. The van der Waals surface area contributed by atoms with Crippen molar-refractivity contribution in [2.75, 3.05) is 0 Å². The Bertz CT molecular complexity index is 79.4. The zero-order valence-electron chi connectivity index (χ0n) is 4.97. The molecule has 0 bridgehead atoms. The van der Waals surface area contributed by atoms with Gasteiger partial charge in [0.25, 0.3) is 0 Å². The van der Waals surface area contributed by atoms with E-state index < -0.39 is 5.97 Å². The van der Waals surface area contributed by atoms with Crippen LogP contribution in [-0.4, -0.2) is 11.4 Å². The van der Waals surface area contributed by atoms with Gasteiger partial charge in [-0.25, -0.2) is 0 Å². The summed E-state index contributed by atoms with van der Waals surface area (Å²) < 4.78 is 0. The van der Waals surface area contributed by atoms with Gasteiger partial charge in [0.1, 0.15) is 0 Å². The van der Waals surface area contributed by atoms with Gasteiger partial charge >= 0.3 is 0 Å². The normalized spacial score (nSPS) is 7.12. The van der Waals surface area contributed by atoms with Gasteiger partial charge in [0.05, 0.1) is 5.97 Å². The summed E-state index contributed by atoms with van der Waals surface area (Å²) in [7, 11) is 0. The zero-order valence-corrected chi connectivity index (χ0v) is 4.97. The first-order valence-corrected chi connectivity index (χ1v) is 1.61. The molecule has 4 nitrogen and oxygen atoms in total. The number of carbonyl (C=O) groups is 1. The fourth-order valence-electron chi connectivity index (χ4n) is 0.136. The molecule has 0 aliphatic heterocycles. The Balaban J connectivity index is -0.000000125. The molecule has 0 aliphatic rings. The van der Waals surface area contributed by atoms with Crippen LogP contribution in [0.3, 0.4) is 0 Å². The Morgan fingerprint density at radius 2 is 2.00 bits per heavy atom. The van der Waals surface area contributed by atoms with E-state index in [0.717, 1.165) is 6.08 Å². The van der Waals surface area contributed by atoms with Crippen LogP contribution in [0.25, 0.3) is 0 Å². The van der Waals surface area contributed by atoms with E-state index in [4.69, 9.17) is 0 Å². The molecule has 0 aliphatic carbocycles. The summed E-state index contributed by atoms with van der Waals surface area (Å²) in [5.41, 5.74) is 0. The number of rotatable bonds is 1. The van der Waals surface area contributed by atoms with Gasteiger partial charge in [-0.2, -0.15) is 0 Å². The number of carbonyl (C=O) groups excluding carboxylic acids is 1. The van der Waals surface area contributed by atoms with Crippen molar-refractivity contribution in [1.29, 1.82) is 0 Å². The molecule has 0 spiro atoms. The van der Waals surface area contributed by atoms with Crippen LogP contribution < -0.4 is 11.3 Å². The maximum absolute atomic E-state index is 9.40. The summed E-state index contributed by atoms with van der Waals surface area (Å²) in [6.45, 7) is 1.62. The van der Waals surface area contributed by atoms with Crippen LogP contribution in [0.15, 0.2) is 12.2 Å². The van der Waals surface area contributed by atoms with Gasteiger partial charge in [-0.15, -0.1) is 0 Å². The summed E-state index contributed by atoms with van der Waals surface area (Å²) in [6.07, 6.45) is 2.38. The molecule has 0 aromatic heterocycles. The van der Waals surface area contributed by atoms with Crippen molar-refractivity contribution in [2.24, 2.45) is 0 Å². The van der Waals surface area contributed by atoms with Crippen LogP contribution in [0.4, 0.5) is 0 Å². The Morgan fingerprint density at radius 1 is 1.62 bits per heavy atom. The first kappa shape index (κ1) is 15.7. The Morgan fingerprint density at radius 3 is 2.00 bits per heavy atom. The van der Waals surface area contributed by atoms with Crippen molar-refractivity contribution in [2.45, 2.75) is 6.92 Å². The standard InChI is InChI=1S/C4H6O2.H3N.H2O/c1-2-3-4(5)6;;/h2-3H,1H3,(H,5,6);1H3;1H2. The van der Waals surface area contributed by atoms with Crippen LogP contribution >= 0.6 is 0 Å². The monoisotopic (exact) mass is 121 g/mol. The number of carboxylic acid groups (broad SMARTS) is 1. The van der Waals surface area contributed by atoms with Crippen molar-refractivity contribution in [3.63, 3.8) is 0 Å². The summed E-state index contributed by atoms with van der Waals surface area (Å²) in [6, 6.07) is 0. The topological polar surface area (TPSA) is 108 Å². The van der Waals surface area contributed by atoms with Crippen molar-refractivity contribution >= 4 is 5.97 Å². The first-order valence-electron chi connectivity index (χ1n) is 1.61. The van der Waals surface area contributed by atoms with Crippen LogP contribution in [0.1, 0.15) is 6.92 Å². The summed E-state index contributed by atoms with van der Waals surface area (Å²) in [5, 5.41) is 9.40. The lowest BCUT2D eigenvalue weighted by atomic mass is 10.5. The van der Waals surface area contributed by atoms with Crippen LogP contribution in [0.5, 0.6) is 0 Å². The molecule has 0 saturated carbocycles. The van der Waals surface area contributed by atoms with E-state index in [1.165, 1.54) is 6.08 Å². The second-order valence-electron chi connectivity index (χ2n) is 0.819. The van der Waals surface area contributed by atoms with E-state index in [2.05, 4.69) is 0 Å². The highest BCUT2D eigenvalue weighted by molar-refractivity contribution is 5.77. The fourth-order valence-corrected chi connectivity index (χ4v) is 0.136. The van der Waals surface area contributed by atoms with E-state index >= 15 is 0 Å². The second kappa shape index (κ2) is 9.46. The van der Waals surface area contributed by atoms with Gasteiger partial charge < -0.3 is 21.5 Å². The summed E-state index contributed by atoms with van der Waals surface area (Å²) in [4.78, 5) is 9.40. The Kier molecular flexibility index (Phi) is 18.6. The molecule has 50 valence electrons. The zero-order chi connectivity index (χ0) is 4.99. The number of aliphatic carboxylic acids is 1. The predicted molar refractivity (Wildman–Crippen MR) is 29.4 cm³/mol. The number of hydrogen-bond acceptors (Lipinski definition) is 2. The van der Waals surface area contributed by atoms with Crippen molar-refractivity contribution in [3.8, 4) is 0 Å². The molecule has 0 saturated heterocycles. The molecule has 8 heavy (non-hydrogen) atoms. The van der Waals surface area contributed by atoms with Gasteiger partial charge in [-0.1, -0.05) is 6.08 Å². The van der Waals surface area contributed by atoms with Crippen LogP contribution in [0.2, 0.25) is 0 Å².